The molecule has 0 aliphatic carbocycles. The van der Waals surface area contributed by atoms with E-state index >= 15 is 0 Å². The predicted molar refractivity (Wildman–Crippen MR) is 115 cm³/mol. The highest BCUT2D eigenvalue weighted by Crippen LogP contribution is 2.28. The minimum atomic E-state index is -3.76. The van der Waals surface area contributed by atoms with Gasteiger partial charge < -0.3 is 10.1 Å². The van der Waals surface area contributed by atoms with Gasteiger partial charge in [-0.05, 0) is 50.1 Å². The van der Waals surface area contributed by atoms with E-state index in [-0.39, 0.29) is 28.2 Å². The van der Waals surface area contributed by atoms with E-state index in [0.29, 0.717) is 13.1 Å². The van der Waals surface area contributed by atoms with Crippen molar-refractivity contribution in [3.63, 3.8) is 0 Å². The number of benzene rings is 2. The Morgan fingerprint density at radius 2 is 1.76 bits per heavy atom. The maximum absolute atomic E-state index is 13.0. The van der Waals surface area contributed by atoms with Gasteiger partial charge in [0.25, 0.3) is 5.91 Å². The van der Waals surface area contributed by atoms with Crippen molar-refractivity contribution in [3.8, 4) is 5.75 Å². The second-order valence-electron chi connectivity index (χ2n) is 7.01. The Labute approximate surface area is 173 Å². The molecule has 0 fully saturated rings. The third-order valence-electron chi connectivity index (χ3n) is 5.00. The van der Waals surface area contributed by atoms with E-state index in [1.54, 1.807) is 19.9 Å². The van der Waals surface area contributed by atoms with E-state index in [9.17, 15) is 13.2 Å². The van der Waals surface area contributed by atoms with Crippen LogP contribution in [0.3, 0.4) is 0 Å². The topological polar surface area (TPSA) is 75.7 Å². The fraction of sp³-hybridized carbons (Fsp3) is 0.409. The molecule has 1 atom stereocenters. The monoisotopic (exact) mass is 418 g/mol. The van der Waals surface area contributed by atoms with Crippen LogP contribution >= 0.6 is 0 Å². The lowest BCUT2D eigenvalue weighted by Gasteiger charge is -2.21. The zero-order valence-corrected chi connectivity index (χ0v) is 18.8. The molecule has 0 radical (unpaired) electrons. The zero-order chi connectivity index (χ0) is 21.8. The summed E-state index contributed by atoms with van der Waals surface area (Å²) < 4.78 is 32.6. The highest BCUT2D eigenvalue weighted by atomic mass is 32.2. The molecule has 29 heavy (non-hydrogen) atoms. The molecular weight excluding hydrogens is 388 g/mol. The first-order valence-electron chi connectivity index (χ1n) is 9.71. The standard InChI is InChI=1S/C22H30N2O4S/c1-7-24(8-2)29(26,27)21-14-18(11-12-20(21)28-6)22(25)23-17(5)19-13-15(3)9-10-16(19)4/h9-14,17H,7-8H2,1-6H3,(H,23,25)/t17-/m0/s1. The maximum Gasteiger partial charge on any atom is 0.251 e. The first kappa shape index (κ1) is 22.9. The average Bonchev–Trinajstić information content (AvgIpc) is 2.69. The van der Waals surface area contributed by atoms with Gasteiger partial charge in [-0.25, -0.2) is 8.42 Å². The third-order valence-corrected chi connectivity index (χ3v) is 7.07. The van der Waals surface area contributed by atoms with Gasteiger partial charge in [-0.3, -0.25) is 4.79 Å². The summed E-state index contributed by atoms with van der Waals surface area (Å²) in [4.78, 5) is 12.8. The van der Waals surface area contributed by atoms with Crippen LogP contribution in [0.25, 0.3) is 0 Å². The maximum atomic E-state index is 13.0. The third kappa shape index (κ3) is 4.97. The second kappa shape index (κ2) is 9.41. The summed E-state index contributed by atoms with van der Waals surface area (Å²) in [5, 5.41) is 2.97. The van der Waals surface area contributed by atoms with Crippen molar-refractivity contribution in [2.75, 3.05) is 20.2 Å². The van der Waals surface area contributed by atoms with Crippen molar-refractivity contribution in [1.82, 2.24) is 9.62 Å². The number of nitrogens with zero attached hydrogens (tertiary/aromatic N) is 1. The molecule has 1 amide bonds. The Kier molecular flexibility index (Phi) is 7.43. The van der Waals surface area contributed by atoms with Crippen LogP contribution in [0.4, 0.5) is 0 Å². The van der Waals surface area contributed by atoms with Crippen LogP contribution in [0, 0.1) is 13.8 Å². The number of ether oxygens (including phenoxy) is 1. The van der Waals surface area contributed by atoms with Crippen molar-refractivity contribution in [2.45, 2.75) is 45.6 Å². The summed E-state index contributed by atoms with van der Waals surface area (Å²) in [5.41, 5.74) is 3.50. The minimum Gasteiger partial charge on any atom is -0.495 e. The molecule has 7 heteroatoms. The van der Waals surface area contributed by atoms with Crippen LogP contribution in [-0.2, 0) is 10.0 Å². The van der Waals surface area contributed by atoms with Gasteiger partial charge in [0.2, 0.25) is 10.0 Å². The van der Waals surface area contributed by atoms with Crippen molar-refractivity contribution >= 4 is 15.9 Å². The smallest absolute Gasteiger partial charge is 0.251 e. The first-order chi connectivity index (χ1) is 13.6. The van der Waals surface area contributed by atoms with E-state index in [2.05, 4.69) is 5.32 Å². The normalized spacial score (nSPS) is 12.7. The Morgan fingerprint density at radius 1 is 1.10 bits per heavy atom. The predicted octanol–water partition coefficient (Wildman–Crippen LogP) is 3.83. The van der Waals surface area contributed by atoms with E-state index in [1.165, 1.54) is 23.5 Å². The number of carbonyl (C=O) groups is 1. The lowest BCUT2D eigenvalue weighted by molar-refractivity contribution is 0.0939. The molecule has 0 heterocycles. The molecule has 0 saturated carbocycles. The Balaban J connectivity index is 2.38. The molecule has 6 nitrogen and oxygen atoms in total. The van der Waals surface area contributed by atoms with Gasteiger partial charge in [-0.15, -0.1) is 0 Å². The van der Waals surface area contributed by atoms with E-state index < -0.39 is 10.0 Å². The minimum absolute atomic E-state index is 0.00395. The molecule has 0 aromatic heterocycles. The molecule has 2 aromatic rings. The molecule has 2 aromatic carbocycles. The van der Waals surface area contributed by atoms with Gasteiger partial charge >= 0.3 is 0 Å². The van der Waals surface area contributed by atoms with Crippen LogP contribution in [-0.4, -0.2) is 38.8 Å². The summed E-state index contributed by atoms with van der Waals surface area (Å²) in [6.45, 7) is 10.1. The number of amides is 1. The fourth-order valence-corrected chi connectivity index (χ4v) is 4.95. The Hall–Kier alpha value is -2.38. The number of rotatable bonds is 8. The molecule has 0 unspecified atom stereocenters. The highest BCUT2D eigenvalue weighted by Gasteiger charge is 2.27. The van der Waals surface area contributed by atoms with Gasteiger partial charge in [0.05, 0.1) is 13.2 Å². The van der Waals surface area contributed by atoms with E-state index in [1.807, 2.05) is 39.0 Å². The molecule has 0 aliphatic heterocycles. The largest absolute Gasteiger partial charge is 0.495 e. The average molecular weight is 419 g/mol. The van der Waals surface area contributed by atoms with Crippen LogP contribution < -0.4 is 10.1 Å². The van der Waals surface area contributed by atoms with Crippen molar-refractivity contribution < 1.29 is 17.9 Å². The van der Waals surface area contributed by atoms with Crippen molar-refractivity contribution in [3.05, 3.63) is 58.7 Å². The number of sulfonamides is 1. The molecular formula is C22H30N2O4S. The Morgan fingerprint density at radius 3 is 2.34 bits per heavy atom. The van der Waals surface area contributed by atoms with Crippen molar-refractivity contribution in [2.24, 2.45) is 0 Å². The zero-order valence-electron chi connectivity index (χ0n) is 17.9. The van der Waals surface area contributed by atoms with Gasteiger partial charge in [-0.1, -0.05) is 37.6 Å². The molecule has 1 N–H and O–H groups in total. The van der Waals surface area contributed by atoms with Crippen LogP contribution in [0.5, 0.6) is 5.75 Å². The number of carbonyl (C=O) groups excluding carboxylic acids is 1. The Bertz CT molecular complexity index is 982. The molecule has 0 saturated heterocycles. The lowest BCUT2D eigenvalue weighted by atomic mass is 9.99. The summed E-state index contributed by atoms with van der Waals surface area (Å²) in [6.07, 6.45) is 0. The van der Waals surface area contributed by atoms with Gasteiger partial charge in [-0.2, -0.15) is 4.31 Å². The van der Waals surface area contributed by atoms with Gasteiger partial charge in [0.15, 0.2) is 0 Å². The molecule has 0 bridgehead atoms. The number of hydrogen-bond donors (Lipinski definition) is 1. The van der Waals surface area contributed by atoms with Gasteiger partial charge in [0, 0.05) is 18.7 Å². The van der Waals surface area contributed by atoms with Crippen LogP contribution in [0.1, 0.15) is 53.9 Å². The van der Waals surface area contributed by atoms with Crippen LogP contribution in [0.15, 0.2) is 41.3 Å². The summed E-state index contributed by atoms with van der Waals surface area (Å²) in [6, 6.07) is 10.4. The molecule has 2 rings (SSSR count). The summed E-state index contributed by atoms with van der Waals surface area (Å²) in [7, 11) is -2.35. The number of aryl methyl sites for hydroxylation is 2. The molecule has 0 spiro atoms. The second-order valence-corrected chi connectivity index (χ2v) is 8.92. The molecule has 158 valence electrons. The highest BCUT2D eigenvalue weighted by molar-refractivity contribution is 7.89. The van der Waals surface area contributed by atoms with E-state index in [4.69, 9.17) is 4.74 Å². The number of hydrogen-bond acceptors (Lipinski definition) is 4. The SMILES string of the molecule is CCN(CC)S(=O)(=O)c1cc(C(=O)N[C@@H](C)c2cc(C)ccc2C)ccc1OC. The fourth-order valence-electron chi connectivity index (χ4n) is 3.31. The quantitative estimate of drug-likeness (QED) is 0.707. The van der Waals surface area contributed by atoms with Gasteiger partial charge in [0.1, 0.15) is 10.6 Å². The van der Waals surface area contributed by atoms with Crippen molar-refractivity contribution in [1.29, 1.82) is 0 Å². The summed E-state index contributed by atoms with van der Waals surface area (Å²) >= 11 is 0. The summed E-state index contributed by atoms with van der Waals surface area (Å²) in [5.74, 6) is -0.118. The lowest BCUT2D eigenvalue weighted by Crippen LogP contribution is -2.31. The first-order valence-corrected chi connectivity index (χ1v) is 11.2. The van der Waals surface area contributed by atoms with Crippen LogP contribution in [0.2, 0.25) is 0 Å². The number of nitrogens with one attached hydrogen (secondary N) is 1. The van der Waals surface area contributed by atoms with E-state index in [0.717, 1.165) is 16.7 Å². The number of methoxy groups -OCH3 is 1. The molecule has 0 aliphatic rings.